The van der Waals surface area contributed by atoms with Gasteiger partial charge in [0.1, 0.15) is 17.5 Å². The molecule has 1 fully saturated rings. The zero-order chi connectivity index (χ0) is 14.8. The van der Waals surface area contributed by atoms with E-state index in [0.717, 1.165) is 35.3 Å². The molecule has 1 aliphatic carbocycles. The van der Waals surface area contributed by atoms with Crippen LogP contribution in [0.2, 0.25) is 0 Å². The molecule has 1 heterocycles. The van der Waals surface area contributed by atoms with Crippen molar-refractivity contribution in [2.45, 2.75) is 32.6 Å². The van der Waals surface area contributed by atoms with Crippen LogP contribution in [-0.2, 0) is 0 Å². The molecular formula is C17H22N4. The highest BCUT2D eigenvalue weighted by Gasteiger charge is 2.28. The summed E-state index contributed by atoms with van der Waals surface area (Å²) < 4.78 is 0. The highest BCUT2D eigenvalue weighted by molar-refractivity contribution is 5.66. The maximum Gasteiger partial charge on any atom is 0.141 e. The Hall–Kier alpha value is -2.10. The van der Waals surface area contributed by atoms with E-state index in [9.17, 15) is 0 Å². The van der Waals surface area contributed by atoms with Crippen LogP contribution in [0.4, 0.5) is 17.3 Å². The molecule has 0 unspecified atom stereocenters. The first-order valence-corrected chi connectivity index (χ1v) is 7.62. The van der Waals surface area contributed by atoms with Crippen LogP contribution in [0.1, 0.15) is 37.1 Å². The van der Waals surface area contributed by atoms with Gasteiger partial charge in [-0.3, -0.25) is 0 Å². The third-order valence-corrected chi connectivity index (χ3v) is 3.89. The smallest absolute Gasteiger partial charge is 0.141 e. The molecule has 0 amide bonds. The predicted octanol–water partition coefficient (Wildman–Crippen LogP) is 3.86. The monoisotopic (exact) mass is 282 g/mol. The third-order valence-electron chi connectivity index (χ3n) is 3.89. The molecule has 21 heavy (non-hydrogen) atoms. The summed E-state index contributed by atoms with van der Waals surface area (Å²) in [6, 6.07) is 10.3. The van der Waals surface area contributed by atoms with Gasteiger partial charge in [0.05, 0.1) is 0 Å². The van der Waals surface area contributed by atoms with Gasteiger partial charge in [0.25, 0.3) is 0 Å². The van der Waals surface area contributed by atoms with Gasteiger partial charge in [-0.25, -0.2) is 9.97 Å². The van der Waals surface area contributed by atoms with E-state index in [4.69, 9.17) is 9.97 Å². The minimum absolute atomic E-state index is 0.547. The number of hydrogen-bond donors (Lipinski definition) is 1. The lowest BCUT2D eigenvalue weighted by Crippen LogP contribution is -2.16. The van der Waals surface area contributed by atoms with Crippen LogP contribution in [0, 0.1) is 6.92 Å². The van der Waals surface area contributed by atoms with E-state index >= 15 is 0 Å². The Labute approximate surface area is 126 Å². The van der Waals surface area contributed by atoms with Crippen molar-refractivity contribution in [2.75, 3.05) is 23.8 Å². The number of anilines is 3. The zero-order valence-electron chi connectivity index (χ0n) is 12.9. The standard InChI is InChI=1S/C17H22N4/c1-4-18-15-12(2)17(20-16(19-15)13-10-11-13)21(3)14-8-6-5-7-9-14/h5-9,13H,4,10-11H2,1-3H3,(H,18,19,20). The van der Waals surface area contributed by atoms with Crippen molar-refractivity contribution in [1.29, 1.82) is 0 Å². The van der Waals surface area contributed by atoms with Crippen LogP contribution < -0.4 is 10.2 Å². The summed E-state index contributed by atoms with van der Waals surface area (Å²) in [6.45, 7) is 5.05. The van der Waals surface area contributed by atoms with E-state index in [1.54, 1.807) is 0 Å². The van der Waals surface area contributed by atoms with Gasteiger partial charge in [-0.05, 0) is 38.8 Å². The zero-order valence-corrected chi connectivity index (χ0v) is 12.9. The minimum atomic E-state index is 0.547. The Balaban J connectivity index is 2.03. The molecule has 2 aromatic rings. The molecule has 0 aliphatic heterocycles. The molecule has 3 rings (SSSR count). The molecule has 0 radical (unpaired) electrons. The predicted molar refractivity (Wildman–Crippen MR) is 87.4 cm³/mol. The van der Waals surface area contributed by atoms with Crippen molar-refractivity contribution >= 4 is 17.3 Å². The first-order chi connectivity index (χ1) is 10.2. The molecular weight excluding hydrogens is 260 g/mol. The van der Waals surface area contributed by atoms with Crippen LogP contribution in [-0.4, -0.2) is 23.6 Å². The van der Waals surface area contributed by atoms with E-state index < -0.39 is 0 Å². The van der Waals surface area contributed by atoms with E-state index in [1.807, 2.05) is 6.07 Å². The number of hydrogen-bond acceptors (Lipinski definition) is 4. The van der Waals surface area contributed by atoms with Crippen molar-refractivity contribution in [3.05, 3.63) is 41.7 Å². The molecule has 1 aliphatic rings. The van der Waals surface area contributed by atoms with Gasteiger partial charge in [-0.15, -0.1) is 0 Å². The molecule has 0 spiro atoms. The number of nitrogens with one attached hydrogen (secondary N) is 1. The lowest BCUT2D eigenvalue weighted by atomic mass is 10.2. The van der Waals surface area contributed by atoms with Gasteiger partial charge in [0.2, 0.25) is 0 Å². The Morgan fingerprint density at radius 2 is 1.90 bits per heavy atom. The van der Waals surface area contributed by atoms with Crippen molar-refractivity contribution in [3.63, 3.8) is 0 Å². The second-order valence-corrected chi connectivity index (χ2v) is 5.58. The van der Waals surface area contributed by atoms with Gasteiger partial charge in [-0.1, -0.05) is 18.2 Å². The number of rotatable bonds is 5. The van der Waals surface area contributed by atoms with E-state index in [-0.39, 0.29) is 0 Å². The molecule has 1 aromatic heterocycles. The number of aromatic nitrogens is 2. The Morgan fingerprint density at radius 1 is 1.19 bits per heavy atom. The fraction of sp³-hybridized carbons (Fsp3) is 0.412. The van der Waals surface area contributed by atoms with Crippen LogP contribution in [0.25, 0.3) is 0 Å². The van der Waals surface area contributed by atoms with Crippen LogP contribution in [0.15, 0.2) is 30.3 Å². The first-order valence-electron chi connectivity index (χ1n) is 7.62. The first kappa shape index (κ1) is 13.9. The maximum absolute atomic E-state index is 4.83. The molecule has 0 bridgehead atoms. The maximum atomic E-state index is 4.83. The highest BCUT2D eigenvalue weighted by Crippen LogP contribution is 2.40. The van der Waals surface area contributed by atoms with Crippen molar-refractivity contribution in [2.24, 2.45) is 0 Å². The number of para-hydroxylation sites is 1. The molecule has 4 nitrogen and oxygen atoms in total. The van der Waals surface area contributed by atoms with Crippen LogP contribution in [0.3, 0.4) is 0 Å². The molecule has 1 N–H and O–H groups in total. The van der Waals surface area contributed by atoms with Gasteiger partial charge >= 0.3 is 0 Å². The van der Waals surface area contributed by atoms with Gasteiger partial charge in [-0.2, -0.15) is 0 Å². The van der Waals surface area contributed by atoms with Gasteiger partial charge < -0.3 is 10.2 Å². The summed E-state index contributed by atoms with van der Waals surface area (Å²) in [6.07, 6.45) is 2.42. The summed E-state index contributed by atoms with van der Waals surface area (Å²) in [4.78, 5) is 11.7. The number of benzene rings is 1. The van der Waals surface area contributed by atoms with Crippen molar-refractivity contribution < 1.29 is 0 Å². The summed E-state index contributed by atoms with van der Waals surface area (Å²) in [5.41, 5.74) is 2.25. The number of nitrogens with zero attached hydrogens (tertiary/aromatic N) is 3. The molecule has 0 saturated heterocycles. The molecule has 0 atom stereocenters. The summed E-state index contributed by atoms with van der Waals surface area (Å²) in [7, 11) is 2.07. The van der Waals surface area contributed by atoms with E-state index in [1.165, 1.54) is 12.8 Å². The Morgan fingerprint density at radius 3 is 2.52 bits per heavy atom. The van der Waals surface area contributed by atoms with Gasteiger partial charge in [0, 0.05) is 30.8 Å². The molecule has 110 valence electrons. The van der Waals surface area contributed by atoms with Crippen molar-refractivity contribution in [1.82, 2.24) is 9.97 Å². The average Bonchev–Trinajstić information content (AvgIpc) is 3.34. The second-order valence-electron chi connectivity index (χ2n) is 5.58. The summed E-state index contributed by atoms with van der Waals surface area (Å²) in [5, 5.41) is 3.37. The van der Waals surface area contributed by atoms with Crippen molar-refractivity contribution in [3.8, 4) is 0 Å². The normalized spacial score (nSPS) is 14.0. The quantitative estimate of drug-likeness (QED) is 0.904. The minimum Gasteiger partial charge on any atom is -0.370 e. The third kappa shape index (κ3) is 2.84. The molecule has 1 aromatic carbocycles. The fourth-order valence-corrected chi connectivity index (χ4v) is 2.49. The largest absolute Gasteiger partial charge is 0.370 e. The van der Waals surface area contributed by atoms with Crippen LogP contribution >= 0.6 is 0 Å². The topological polar surface area (TPSA) is 41.1 Å². The lowest BCUT2D eigenvalue weighted by molar-refractivity contribution is 0.902. The van der Waals surface area contributed by atoms with E-state index in [2.05, 4.69) is 55.4 Å². The Bertz CT molecular complexity index is 620. The fourth-order valence-electron chi connectivity index (χ4n) is 2.49. The summed E-state index contributed by atoms with van der Waals surface area (Å²) in [5.74, 6) is 3.49. The van der Waals surface area contributed by atoms with E-state index in [0.29, 0.717) is 5.92 Å². The van der Waals surface area contributed by atoms with Crippen LogP contribution in [0.5, 0.6) is 0 Å². The molecule has 1 saturated carbocycles. The second kappa shape index (κ2) is 5.72. The molecule has 4 heteroatoms. The highest BCUT2D eigenvalue weighted by atomic mass is 15.2. The summed E-state index contributed by atoms with van der Waals surface area (Å²) >= 11 is 0. The lowest BCUT2D eigenvalue weighted by Gasteiger charge is -2.22. The average molecular weight is 282 g/mol. The van der Waals surface area contributed by atoms with Gasteiger partial charge in [0.15, 0.2) is 0 Å². The SMILES string of the molecule is CCNc1nc(C2CC2)nc(N(C)c2ccccc2)c1C. The Kier molecular flexibility index (Phi) is 3.78.